The number of phenolic OH excluding ortho intramolecular Hbond substituents is 2. The van der Waals surface area contributed by atoms with Crippen LogP contribution in [0, 0.1) is 0 Å². The van der Waals surface area contributed by atoms with Crippen molar-refractivity contribution in [1.82, 2.24) is 30.0 Å². The number of nitrogens with zero attached hydrogens (tertiary/aromatic N) is 6. The normalized spacial score (nSPS) is 12.6. The smallest absolute Gasteiger partial charge is 0.308 e. The molecule has 2 heterocycles. The fourth-order valence-electron chi connectivity index (χ4n) is 5.65. The molecule has 4 N–H and O–H groups in total. The maximum atomic E-state index is 12.1. The van der Waals surface area contributed by atoms with Crippen molar-refractivity contribution in [2.24, 2.45) is 0 Å². The van der Waals surface area contributed by atoms with Gasteiger partial charge in [0.15, 0.2) is 0 Å². The van der Waals surface area contributed by atoms with Crippen LogP contribution in [0.15, 0.2) is 72.8 Å². The summed E-state index contributed by atoms with van der Waals surface area (Å²) in [5.41, 5.74) is 5.33. The van der Waals surface area contributed by atoms with Crippen molar-refractivity contribution in [2.45, 2.75) is 58.2 Å². The van der Waals surface area contributed by atoms with Crippen molar-refractivity contribution < 1.29 is 39.5 Å². The van der Waals surface area contributed by atoms with E-state index in [1.807, 2.05) is 48.5 Å². The number of aliphatic hydroxyl groups excluding tert-OH is 2. The van der Waals surface area contributed by atoms with E-state index in [2.05, 4.69) is 20.4 Å². The topological polar surface area (TPSA) is 195 Å². The fraction of sp³-hybridized carbons (Fsp3) is 0.297. The van der Waals surface area contributed by atoms with Gasteiger partial charge in [-0.25, -0.2) is 0 Å². The van der Waals surface area contributed by atoms with Gasteiger partial charge in [0.2, 0.25) is 0 Å². The number of hydrogen-bond acceptors (Lipinski definition) is 12. The Morgan fingerprint density at radius 1 is 0.627 bits per heavy atom. The third-order valence-electron chi connectivity index (χ3n) is 8.07. The zero-order valence-electron chi connectivity index (χ0n) is 28.1. The van der Waals surface area contributed by atoms with Gasteiger partial charge in [-0.15, -0.1) is 30.0 Å². The van der Waals surface area contributed by atoms with Gasteiger partial charge in [-0.1, -0.05) is 36.4 Å². The van der Waals surface area contributed by atoms with Crippen LogP contribution in [0.3, 0.4) is 0 Å². The van der Waals surface area contributed by atoms with Gasteiger partial charge in [-0.05, 0) is 61.4 Å². The van der Waals surface area contributed by atoms with E-state index < -0.39 is 24.1 Å². The molecule has 0 bridgehead atoms. The summed E-state index contributed by atoms with van der Waals surface area (Å²) in [6, 6.07) is 21.5. The lowest BCUT2D eigenvalue weighted by Crippen LogP contribution is -2.14. The van der Waals surface area contributed by atoms with Crippen LogP contribution in [0.5, 0.6) is 11.5 Å². The molecule has 0 aliphatic carbocycles. The van der Waals surface area contributed by atoms with Gasteiger partial charge in [-0.3, -0.25) is 9.59 Å². The first kappa shape index (κ1) is 35.0. The number of aromatic hydroxyl groups is 2. The number of esters is 2. The van der Waals surface area contributed by atoms with Crippen molar-refractivity contribution >= 4 is 34.0 Å². The molecule has 2 unspecified atom stereocenters. The second-order valence-corrected chi connectivity index (χ2v) is 12.4. The average molecular weight is 695 g/mol. The molecule has 0 spiro atoms. The van der Waals surface area contributed by atoms with E-state index in [1.165, 1.54) is 23.4 Å². The van der Waals surface area contributed by atoms with Gasteiger partial charge in [0.05, 0.1) is 38.3 Å². The van der Waals surface area contributed by atoms with Gasteiger partial charge >= 0.3 is 11.9 Å². The largest absolute Gasteiger partial charge is 0.505 e. The highest BCUT2D eigenvalue weighted by atomic mass is 16.5. The summed E-state index contributed by atoms with van der Waals surface area (Å²) in [6.45, 7) is 3.07. The van der Waals surface area contributed by atoms with Crippen LogP contribution in [0.25, 0.3) is 33.4 Å². The summed E-state index contributed by atoms with van der Waals surface area (Å²) in [5, 5.41) is 60.6. The van der Waals surface area contributed by atoms with Gasteiger partial charge in [0, 0.05) is 30.4 Å². The third-order valence-corrected chi connectivity index (χ3v) is 8.07. The number of phenols is 2. The lowest BCUT2D eigenvalue weighted by Gasteiger charge is -2.16. The highest BCUT2D eigenvalue weighted by molar-refractivity contribution is 5.75. The van der Waals surface area contributed by atoms with E-state index in [4.69, 9.17) is 9.47 Å². The van der Waals surface area contributed by atoms with E-state index in [1.54, 1.807) is 24.3 Å². The Morgan fingerprint density at radius 3 is 1.31 bits per heavy atom. The van der Waals surface area contributed by atoms with Crippen molar-refractivity contribution in [2.75, 3.05) is 13.2 Å². The van der Waals surface area contributed by atoms with Crippen LogP contribution in [0.2, 0.25) is 0 Å². The molecule has 0 radical (unpaired) electrons. The lowest BCUT2D eigenvalue weighted by atomic mass is 9.96. The molecule has 0 aliphatic rings. The average Bonchev–Trinajstić information content (AvgIpc) is 3.71. The molecule has 0 aliphatic heterocycles. The Balaban J connectivity index is 1.38. The van der Waals surface area contributed by atoms with E-state index in [0.717, 1.165) is 0 Å². The van der Waals surface area contributed by atoms with E-state index in [-0.39, 0.29) is 68.2 Å². The molecule has 264 valence electrons. The molecule has 14 nitrogen and oxygen atoms in total. The van der Waals surface area contributed by atoms with Crippen LogP contribution in [-0.4, -0.2) is 87.8 Å². The lowest BCUT2D eigenvalue weighted by molar-refractivity contribution is -0.146. The number of carbonyl (C=O) groups excluding carboxylic acids is 2. The highest BCUT2D eigenvalue weighted by Crippen LogP contribution is 2.35. The Morgan fingerprint density at radius 2 is 0.980 bits per heavy atom. The number of aliphatic hydroxyl groups is 2. The first-order chi connectivity index (χ1) is 24.5. The maximum absolute atomic E-state index is 12.1. The predicted molar refractivity (Wildman–Crippen MR) is 186 cm³/mol. The zero-order valence-corrected chi connectivity index (χ0v) is 28.1. The monoisotopic (exact) mass is 694 g/mol. The number of carbonyl (C=O) groups is 2. The minimum atomic E-state index is -0.829. The maximum Gasteiger partial charge on any atom is 0.308 e. The molecule has 2 aromatic heterocycles. The van der Waals surface area contributed by atoms with E-state index >= 15 is 0 Å². The number of rotatable bonds is 14. The first-order valence-corrected chi connectivity index (χ1v) is 16.6. The van der Waals surface area contributed by atoms with Crippen molar-refractivity contribution in [3.63, 3.8) is 0 Å². The molecule has 0 amide bonds. The fourth-order valence-corrected chi connectivity index (χ4v) is 5.65. The highest BCUT2D eigenvalue weighted by Gasteiger charge is 2.20. The SMILES string of the molecule is CC(O)CC(=O)OCCc1cc(Cc2cc(CCOC(=O)CC(C)O)cc(-n3nc4ccccc4n3)c2O)c(O)c(-n2nc3ccccc3n2)c1. The molecule has 4 aromatic carbocycles. The van der Waals surface area contributed by atoms with Crippen molar-refractivity contribution in [1.29, 1.82) is 0 Å². The van der Waals surface area contributed by atoms with Crippen LogP contribution < -0.4 is 0 Å². The molecule has 51 heavy (non-hydrogen) atoms. The molecular formula is C37H38N6O8. The van der Waals surface area contributed by atoms with Gasteiger partial charge < -0.3 is 29.9 Å². The summed E-state index contributed by atoms with van der Waals surface area (Å²) in [6.07, 6.45) is -1.31. The Labute approximate surface area is 292 Å². The van der Waals surface area contributed by atoms with E-state index in [9.17, 15) is 30.0 Å². The molecule has 6 rings (SSSR count). The minimum absolute atomic E-state index is 0.0287. The third kappa shape index (κ3) is 8.48. The Hall–Kier alpha value is -5.86. The summed E-state index contributed by atoms with van der Waals surface area (Å²) < 4.78 is 10.7. The minimum Gasteiger partial charge on any atom is -0.505 e. The second kappa shape index (κ2) is 15.4. The van der Waals surface area contributed by atoms with Gasteiger partial charge in [0.1, 0.15) is 44.9 Å². The standard InChI is InChI=1S/C37H38N6O8/c1-22(44)15-34(46)50-13-11-24-17-26(36(48)32(19-24)42-38-28-7-3-4-8-29(28)39-42)21-27-18-25(12-14-51-35(47)16-23(2)45)20-33(37(27)49)43-40-30-9-5-6-10-31(30)41-43/h3-10,17-20,22-23,44-45,48-49H,11-16,21H2,1-2H3. The quantitative estimate of drug-likeness (QED) is 0.120. The predicted octanol–water partition coefficient (Wildman–Crippen LogP) is 3.87. The molecule has 0 fully saturated rings. The summed E-state index contributed by atoms with van der Waals surface area (Å²) in [4.78, 5) is 26.9. The number of hydrogen-bond donors (Lipinski definition) is 4. The Kier molecular flexibility index (Phi) is 10.5. The molecule has 6 aromatic rings. The van der Waals surface area contributed by atoms with Gasteiger partial charge in [0.25, 0.3) is 0 Å². The molecule has 2 atom stereocenters. The van der Waals surface area contributed by atoms with E-state index in [0.29, 0.717) is 44.3 Å². The van der Waals surface area contributed by atoms with Crippen LogP contribution >= 0.6 is 0 Å². The first-order valence-electron chi connectivity index (χ1n) is 16.6. The van der Waals surface area contributed by atoms with Crippen LogP contribution in [0.4, 0.5) is 0 Å². The van der Waals surface area contributed by atoms with Gasteiger partial charge in [-0.2, -0.15) is 0 Å². The van der Waals surface area contributed by atoms with Crippen molar-refractivity contribution in [3.8, 4) is 22.9 Å². The number of ether oxygens (including phenoxy) is 2. The molecular weight excluding hydrogens is 656 g/mol. The summed E-state index contributed by atoms with van der Waals surface area (Å²) in [7, 11) is 0. The van der Waals surface area contributed by atoms with Crippen molar-refractivity contribution in [3.05, 3.63) is 95.1 Å². The van der Waals surface area contributed by atoms with Crippen LogP contribution in [-0.2, 0) is 38.3 Å². The number of benzene rings is 4. The second-order valence-electron chi connectivity index (χ2n) is 12.4. The zero-order chi connectivity index (χ0) is 36.1. The molecule has 0 saturated heterocycles. The number of aromatic nitrogens is 6. The molecule has 0 saturated carbocycles. The summed E-state index contributed by atoms with van der Waals surface area (Å²) >= 11 is 0. The van der Waals surface area contributed by atoms with Crippen LogP contribution in [0.1, 0.15) is 48.9 Å². The number of fused-ring (bicyclic) bond motifs is 2. The Bertz CT molecular complexity index is 1970. The summed E-state index contributed by atoms with van der Waals surface area (Å²) in [5.74, 6) is -1.30. The molecule has 14 heteroatoms.